The zero-order valence-electron chi connectivity index (χ0n) is 20.7. The fourth-order valence-corrected chi connectivity index (χ4v) is 4.36. The first-order valence-electron chi connectivity index (χ1n) is 11.1. The Balaban J connectivity index is 1.58. The van der Waals surface area contributed by atoms with E-state index in [1.165, 1.54) is 11.3 Å². The SMILES string of the molecule is COc1ccc(-c2nc3sc(N(C)CC(=O)Nc4cccc(OC)c4)nn3c2NC(C)(C)C)cc1. The number of likely N-dealkylation sites (N-methyl/N-ethyl adjacent to an activating group) is 1. The van der Waals surface area contributed by atoms with Gasteiger partial charge in [-0.25, -0.2) is 4.98 Å². The molecule has 0 saturated heterocycles. The number of imidazole rings is 1. The van der Waals surface area contributed by atoms with Crippen molar-refractivity contribution < 1.29 is 14.3 Å². The van der Waals surface area contributed by atoms with Gasteiger partial charge in [0.1, 0.15) is 17.2 Å². The molecule has 0 aliphatic carbocycles. The third-order valence-corrected chi connectivity index (χ3v) is 6.13. The van der Waals surface area contributed by atoms with Crippen LogP contribution in [0.2, 0.25) is 0 Å². The fourth-order valence-electron chi connectivity index (χ4n) is 3.49. The van der Waals surface area contributed by atoms with Crippen molar-refractivity contribution in [2.75, 3.05) is 43.3 Å². The molecule has 4 rings (SSSR count). The molecule has 0 saturated carbocycles. The van der Waals surface area contributed by atoms with E-state index in [0.29, 0.717) is 16.6 Å². The molecule has 1 amide bonds. The molecule has 2 N–H and O–H groups in total. The molecule has 0 unspecified atom stereocenters. The molecule has 35 heavy (non-hydrogen) atoms. The normalized spacial score (nSPS) is 11.4. The molecular formula is C25H30N6O3S. The number of carbonyl (C=O) groups excluding carboxylic acids is 1. The topological polar surface area (TPSA) is 93.0 Å². The quantitative estimate of drug-likeness (QED) is 0.365. The number of hydrogen-bond donors (Lipinski definition) is 2. The summed E-state index contributed by atoms with van der Waals surface area (Å²) in [6.07, 6.45) is 0. The molecule has 9 nitrogen and oxygen atoms in total. The number of carbonyl (C=O) groups is 1. The van der Waals surface area contributed by atoms with Crippen molar-refractivity contribution in [3.8, 4) is 22.8 Å². The van der Waals surface area contributed by atoms with Gasteiger partial charge in [0.15, 0.2) is 5.82 Å². The van der Waals surface area contributed by atoms with Gasteiger partial charge < -0.3 is 25.0 Å². The molecule has 0 radical (unpaired) electrons. The van der Waals surface area contributed by atoms with Gasteiger partial charge in [-0.1, -0.05) is 17.4 Å². The summed E-state index contributed by atoms with van der Waals surface area (Å²) >= 11 is 1.43. The van der Waals surface area contributed by atoms with Gasteiger partial charge in [-0.05, 0) is 57.2 Å². The zero-order valence-corrected chi connectivity index (χ0v) is 21.6. The molecule has 2 heterocycles. The summed E-state index contributed by atoms with van der Waals surface area (Å²) in [5.41, 5.74) is 2.25. The fraction of sp³-hybridized carbons (Fsp3) is 0.320. The number of ether oxygens (including phenoxy) is 2. The monoisotopic (exact) mass is 494 g/mol. The van der Waals surface area contributed by atoms with Gasteiger partial charge in [-0.15, -0.1) is 5.10 Å². The lowest BCUT2D eigenvalue weighted by Gasteiger charge is -2.22. The van der Waals surface area contributed by atoms with Crippen LogP contribution in [0.5, 0.6) is 11.5 Å². The lowest BCUT2D eigenvalue weighted by molar-refractivity contribution is -0.114. The standard InChI is InChI=1S/C25H30N6O3S/c1-25(2,3)28-22-21(16-10-12-18(33-5)13-11-16)27-23-31(22)29-24(35-23)30(4)15-20(32)26-17-8-7-9-19(14-17)34-6/h7-14,28H,15H2,1-6H3,(H,26,32). The number of rotatable bonds is 8. The van der Waals surface area contributed by atoms with Gasteiger partial charge in [0, 0.05) is 29.9 Å². The van der Waals surface area contributed by atoms with Crippen molar-refractivity contribution in [1.29, 1.82) is 0 Å². The average Bonchev–Trinajstić information content (AvgIpc) is 3.37. The first-order chi connectivity index (χ1) is 16.7. The van der Waals surface area contributed by atoms with Crippen molar-refractivity contribution in [3.05, 3.63) is 48.5 Å². The van der Waals surface area contributed by atoms with E-state index in [1.807, 2.05) is 54.4 Å². The molecular weight excluding hydrogens is 464 g/mol. The minimum atomic E-state index is -0.205. The maximum absolute atomic E-state index is 12.6. The Morgan fingerprint density at radius 3 is 2.46 bits per heavy atom. The van der Waals surface area contributed by atoms with Crippen LogP contribution in [0.15, 0.2) is 48.5 Å². The Morgan fingerprint density at radius 2 is 1.80 bits per heavy atom. The van der Waals surface area contributed by atoms with Crippen LogP contribution < -0.4 is 25.0 Å². The number of anilines is 3. The first kappa shape index (κ1) is 24.3. The van der Waals surface area contributed by atoms with Gasteiger partial charge in [0.05, 0.1) is 20.8 Å². The second kappa shape index (κ2) is 9.83. The van der Waals surface area contributed by atoms with Crippen LogP contribution in [0.3, 0.4) is 0 Å². The van der Waals surface area contributed by atoms with E-state index in [0.717, 1.165) is 27.8 Å². The molecule has 0 aliphatic rings. The van der Waals surface area contributed by atoms with Crippen LogP contribution in [0.1, 0.15) is 20.8 Å². The Labute approximate surface area is 208 Å². The van der Waals surface area contributed by atoms with Crippen LogP contribution >= 0.6 is 11.3 Å². The van der Waals surface area contributed by atoms with Crippen LogP contribution in [-0.4, -0.2) is 53.9 Å². The Kier molecular flexibility index (Phi) is 6.83. The second-order valence-corrected chi connectivity index (χ2v) is 10.1. The highest BCUT2D eigenvalue weighted by atomic mass is 32.1. The molecule has 0 atom stereocenters. The van der Waals surface area contributed by atoms with Crippen LogP contribution in [0.4, 0.5) is 16.6 Å². The molecule has 0 spiro atoms. The lowest BCUT2D eigenvalue weighted by atomic mass is 10.1. The average molecular weight is 495 g/mol. The summed E-state index contributed by atoms with van der Waals surface area (Å²) in [6, 6.07) is 15.1. The Morgan fingerprint density at radius 1 is 1.09 bits per heavy atom. The van der Waals surface area contributed by atoms with E-state index in [4.69, 9.17) is 19.6 Å². The highest BCUT2D eigenvalue weighted by Gasteiger charge is 2.23. The third-order valence-electron chi connectivity index (χ3n) is 5.11. The Bertz CT molecular complexity index is 1320. The predicted molar refractivity (Wildman–Crippen MR) is 141 cm³/mol. The van der Waals surface area contributed by atoms with E-state index >= 15 is 0 Å². The summed E-state index contributed by atoms with van der Waals surface area (Å²) in [6.45, 7) is 6.41. The molecule has 4 aromatic rings. The van der Waals surface area contributed by atoms with E-state index in [2.05, 4.69) is 31.4 Å². The molecule has 0 fully saturated rings. The molecule has 0 aliphatic heterocycles. The number of nitrogens with zero attached hydrogens (tertiary/aromatic N) is 4. The van der Waals surface area contributed by atoms with Crippen LogP contribution in [-0.2, 0) is 4.79 Å². The number of benzene rings is 2. The van der Waals surface area contributed by atoms with Crippen molar-refractivity contribution in [3.63, 3.8) is 0 Å². The molecule has 2 aromatic carbocycles. The molecule has 184 valence electrons. The third kappa shape index (κ3) is 5.65. The summed E-state index contributed by atoms with van der Waals surface area (Å²) in [4.78, 5) is 20.0. The maximum atomic E-state index is 12.6. The number of hydrogen-bond acceptors (Lipinski definition) is 8. The van der Waals surface area contributed by atoms with E-state index in [-0.39, 0.29) is 18.0 Å². The Hall–Kier alpha value is -3.79. The number of amides is 1. The summed E-state index contributed by atoms with van der Waals surface area (Å²) in [7, 11) is 5.08. The van der Waals surface area contributed by atoms with Gasteiger partial charge in [0.25, 0.3) is 0 Å². The summed E-state index contributed by atoms with van der Waals surface area (Å²) < 4.78 is 12.3. The molecule has 0 bridgehead atoms. The zero-order chi connectivity index (χ0) is 25.2. The lowest BCUT2D eigenvalue weighted by Crippen LogP contribution is -2.30. The number of methoxy groups -OCH3 is 2. The van der Waals surface area contributed by atoms with E-state index in [9.17, 15) is 4.79 Å². The summed E-state index contributed by atoms with van der Waals surface area (Å²) in [5, 5.41) is 11.9. The minimum absolute atomic E-state index is 0.140. The number of fused-ring (bicyclic) bond motifs is 1. The van der Waals surface area contributed by atoms with E-state index in [1.54, 1.807) is 24.8 Å². The van der Waals surface area contributed by atoms with Gasteiger partial charge in [-0.2, -0.15) is 4.52 Å². The van der Waals surface area contributed by atoms with Crippen molar-refractivity contribution in [1.82, 2.24) is 14.6 Å². The van der Waals surface area contributed by atoms with E-state index < -0.39 is 0 Å². The van der Waals surface area contributed by atoms with Gasteiger partial charge >= 0.3 is 0 Å². The van der Waals surface area contributed by atoms with Crippen molar-refractivity contribution >= 4 is 38.8 Å². The van der Waals surface area contributed by atoms with Gasteiger partial charge in [0.2, 0.25) is 16.0 Å². The van der Waals surface area contributed by atoms with Crippen LogP contribution in [0.25, 0.3) is 16.2 Å². The summed E-state index contributed by atoms with van der Waals surface area (Å²) in [5.74, 6) is 2.12. The van der Waals surface area contributed by atoms with Crippen LogP contribution in [0, 0.1) is 0 Å². The van der Waals surface area contributed by atoms with Gasteiger partial charge in [-0.3, -0.25) is 4.79 Å². The largest absolute Gasteiger partial charge is 0.497 e. The highest BCUT2D eigenvalue weighted by molar-refractivity contribution is 7.20. The second-order valence-electron chi connectivity index (χ2n) is 9.13. The smallest absolute Gasteiger partial charge is 0.243 e. The van der Waals surface area contributed by atoms with Crippen molar-refractivity contribution in [2.24, 2.45) is 0 Å². The number of nitrogens with one attached hydrogen (secondary N) is 2. The predicted octanol–water partition coefficient (Wildman–Crippen LogP) is 4.76. The first-order valence-corrected chi connectivity index (χ1v) is 12.0. The number of aromatic nitrogens is 3. The maximum Gasteiger partial charge on any atom is 0.243 e. The highest BCUT2D eigenvalue weighted by Crippen LogP contribution is 2.35. The van der Waals surface area contributed by atoms with Crippen molar-refractivity contribution in [2.45, 2.75) is 26.3 Å². The molecule has 10 heteroatoms. The minimum Gasteiger partial charge on any atom is -0.497 e. The molecule has 2 aromatic heterocycles.